The summed E-state index contributed by atoms with van der Waals surface area (Å²) >= 11 is 0. The smallest absolute Gasteiger partial charge is 0.377 e. The molecule has 0 radical (unpaired) electrons. The number of amides is 1. The Kier molecular flexibility index (Phi) is 9.27. The first-order valence-corrected chi connectivity index (χ1v) is 11.4. The summed E-state index contributed by atoms with van der Waals surface area (Å²) in [6, 6.07) is 0. The Morgan fingerprint density at radius 3 is 2.45 bits per heavy atom. The first-order valence-electron chi connectivity index (χ1n) is 9.84. The highest BCUT2D eigenvalue weighted by Gasteiger charge is 2.46. The van der Waals surface area contributed by atoms with Crippen LogP contribution >= 0.6 is 7.75 Å². The average molecular weight is 433 g/mol. The molecule has 168 valence electrons. The van der Waals surface area contributed by atoms with E-state index in [9.17, 15) is 9.36 Å². The molecule has 29 heavy (non-hydrogen) atoms. The minimum Gasteiger partial charge on any atom is -0.377 e. The lowest BCUT2D eigenvalue weighted by atomic mass is 9.87. The molecule has 2 atom stereocenters. The van der Waals surface area contributed by atoms with Crippen LogP contribution in [0.25, 0.3) is 0 Å². The van der Waals surface area contributed by atoms with Gasteiger partial charge in [0.25, 0.3) is 0 Å². The predicted molar refractivity (Wildman–Crippen MR) is 114 cm³/mol. The number of carbonyl (C=O) groups is 1. The van der Waals surface area contributed by atoms with Crippen LogP contribution in [-0.2, 0) is 18.4 Å². The second kappa shape index (κ2) is 10.5. The van der Waals surface area contributed by atoms with Crippen molar-refractivity contribution in [1.29, 1.82) is 10.8 Å². The number of amidine groups is 2. The second-order valence-electron chi connectivity index (χ2n) is 8.54. The third-order valence-electron chi connectivity index (χ3n) is 4.94. The molecule has 0 bridgehead atoms. The molecular weight excluding hydrogens is 395 g/mol. The van der Waals surface area contributed by atoms with Gasteiger partial charge in [-0.25, -0.2) is 9.65 Å². The van der Waals surface area contributed by atoms with Gasteiger partial charge in [0.2, 0.25) is 5.91 Å². The van der Waals surface area contributed by atoms with E-state index in [1.807, 2.05) is 27.7 Å². The molecule has 1 rings (SSSR count). The summed E-state index contributed by atoms with van der Waals surface area (Å²) in [6.45, 7) is 8.37. The van der Waals surface area contributed by atoms with Gasteiger partial charge in [-0.1, -0.05) is 27.7 Å². The maximum absolute atomic E-state index is 13.0. The van der Waals surface area contributed by atoms with Crippen LogP contribution in [0.15, 0.2) is 0 Å². The van der Waals surface area contributed by atoms with Crippen molar-refractivity contribution >= 4 is 25.3 Å². The van der Waals surface area contributed by atoms with Crippen molar-refractivity contribution in [2.75, 3.05) is 33.8 Å². The number of hydrogen-bond donors (Lipinski definition) is 6. The molecule has 0 aromatic heterocycles. The first-order chi connectivity index (χ1) is 13.4. The Labute approximate surface area is 173 Å². The molecular formula is C18H37N6O4P. The minimum atomic E-state index is -3.59. The fourth-order valence-electron chi connectivity index (χ4n) is 2.83. The van der Waals surface area contributed by atoms with Gasteiger partial charge in [0.1, 0.15) is 11.9 Å². The summed E-state index contributed by atoms with van der Waals surface area (Å²) in [7, 11) is -0.306. The van der Waals surface area contributed by atoms with E-state index in [0.717, 1.165) is 0 Å². The molecule has 1 unspecified atom stereocenters. The molecule has 0 aliphatic carbocycles. The van der Waals surface area contributed by atoms with E-state index in [-0.39, 0.29) is 24.9 Å². The lowest BCUT2D eigenvalue weighted by molar-refractivity contribution is -0.129. The Bertz CT molecular complexity index is 652. The highest BCUT2D eigenvalue weighted by atomic mass is 31.2. The molecule has 0 saturated carbocycles. The van der Waals surface area contributed by atoms with E-state index in [1.54, 1.807) is 14.1 Å². The SMILES string of the molecule is CNC(=N)CCCNC(=N)[C@@H]1OP(=O)(NCCC(C)(C)C(=O)NC)OCC1(C)C. The van der Waals surface area contributed by atoms with Crippen molar-refractivity contribution in [3.05, 3.63) is 0 Å². The third kappa shape index (κ3) is 7.70. The van der Waals surface area contributed by atoms with Gasteiger partial charge in [0, 0.05) is 44.4 Å². The molecule has 1 heterocycles. The summed E-state index contributed by atoms with van der Waals surface area (Å²) < 4.78 is 24.2. The van der Waals surface area contributed by atoms with Crippen molar-refractivity contribution in [2.24, 2.45) is 10.8 Å². The van der Waals surface area contributed by atoms with E-state index in [2.05, 4.69) is 21.0 Å². The van der Waals surface area contributed by atoms with Gasteiger partial charge in [-0.3, -0.25) is 24.7 Å². The molecule has 0 spiro atoms. The summed E-state index contributed by atoms with van der Waals surface area (Å²) in [5.74, 6) is 0.482. The fraction of sp³-hybridized carbons (Fsp3) is 0.833. The zero-order valence-corrected chi connectivity index (χ0v) is 19.3. The van der Waals surface area contributed by atoms with Crippen molar-refractivity contribution in [3.8, 4) is 0 Å². The van der Waals surface area contributed by atoms with Gasteiger partial charge in [-0.05, 0) is 12.8 Å². The Morgan fingerprint density at radius 2 is 1.86 bits per heavy atom. The van der Waals surface area contributed by atoms with Gasteiger partial charge in [-0.2, -0.15) is 0 Å². The molecule has 6 N–H and O–H groups in total. The number of carbonyl (C=O) groups excluding carboxylic acids is 1. The Hall–Kier alpha value is -1.48. The van der Waals surface area contributed by atoms with Gasteiger partial charge in [-0.15, -0.1) is 0 Å². The zero-order valence-electron chi connectivity index (χ0n) is 18.4. The molecule has 11 heteroatoms. The predicted octanol–water partition coefficient (Wildman–Crippen LogP) is 1.83. The van der Waals surface area contributed by atoms with E-state index in [4.69, 9.17) is 19.9 Å². The Balaban J connectivity index is 2.63. The largest absolute Gasteiger partial charge is 0.406 e. The van der Waals surface area contributed by atoms with E-state index < -0.39 is 24.7 Å². The quantitative estimate of drug-likeness (QED) is 0.133. The minimum absolute atomic E-state index is 0.0978. The molecule has 1 fully saturated rings. The maximum atomic E-state index is 13.0. The number of nitrogens with one attached hydrogen (secondary N) is 6. The Morgan fingerprint density at radius 1 is 1.21 bits per heavy atom. The van der Waals surface area contributed by atoms with Crippen LogP contribution < -0.4 is 21.0 Å². The van der Waals surface area contributed by atoms with E-state index in [1.165, 1.54) is 0 Å². The standard InChI is InChI=1S/C18H37N6O4P/c1-17(2,16(25)22-6)9-11-24-29(26)27-12-18(3,4)14(28-29)15(20)23-10-7-8-13(19)21-5/h14H,7-12H2,1-6H3,(H2,19,21)(H2,20,23)(H,22,25)(H,24,26)/t14-,29?/m0/s1. The highest BCUT2D eigenvalue weighted by molar-refractivity contribution is 7.51. The lowest BCUT2D eigenvalue weighted by Crippen LogP contribution is -2.50. The van der Waals surface area contributed by atoms with Crippen LogP contribution in [0.4, 0.5) is 0 Å². The van der Waals surface area contributed by atoms with Crippen LogP contribution in [0.2, 0.25) is 0 Å². The van der Waals surface area contributed by atoms with Crippen LogP contribution in [0.1, 0.15) is 47.0 Å². The van der Waals surface area contributed by atoms with E-state index >= 15 is 0 Å². The molecule has 10 nitrogen and oxygen atoms in total. The number of hydrogen-bond acceptors (Lipinski definition) is 6. The summed E-state index contributed by atoms with van der Waals surface area (Å²) in [6.07, 6.45) is 1.00. The average Bonchev–Trinajstić information content (AvgIpc) is 2.66. The lowest BCUT2D eigenvalue weighted by Gasteiger charge is -2.41. The van der Waals surface area contributed by atoms with Crippen molar-refractivity contribution in [2.45, 2.75) is 53.1 Å². The first kappa shape index (κ1) is 25.6. The van der Waals surface area contributed by atoms with Gasteiger partial charge >= 0.3 is 7.75 Å². The van der Waals surface area contributed by atoms with Crippen molar-refractivity contribution in [3.63, 3.8) is 0 Å². The van der Waals surface area contributed by atoms with Crippen molar-refractivity contribution < 1.29 is 18.4 Å². The summed E-state index contributed by atoms with van der Waals surface area (Å²) in [4.78, 5) is 11.9. The molecule has 1 aliphatic rings. The van der Waals surface area contributed by atoms with Gasteiger partial charge in [0.15, 0.2) is 0 Å². The normalized spacial score (nSPS) is 23.9. The highest BCUT2D eigenvalue weighted by Crippen LogP contribution is 2.53. The van der Waals surface area contributed by atoms with Crippen LogP contribution in [0, 0.1) is 21.6 Å². The van der Waals surface area contributed by atoms with Gasteiger partial charge in [0.05, 0.1) is 12.4 Å². The fourth-order valence-corrected chi connectivity index (χ4v) is 4.61. The monoisotopic (exact) mass is 432 g/mol. The van der Waals surface area contributed by atoms with Crippen molar-refractivity contribution in [1.82, 2.24) is 21.0 Å². The topological polar surface area (TPSA) is 148 Å². The summed E-state index contributed by atoms with van der Waals surface area (Å²) in [5.41, 5.74) is -1.15. The maximum Gasteiger partial charge on any atom is 0.406 e. The molecule has 1 saturated heterocycles. The molecule has 1 amide bonds. The van der Waals surface area contributed by atoms with Crippen LogP contribution in [0.5, 0.6) is 0 Å². The van der Waals surface area contributed by atoms with Crippen LogP contribution in [-0.4, -0.2) is 57.5 Å². The third-order valence-corrected chi connectivity index (χ3v) is 6.51. The number of rotatable bonds is 10. The van der Waals surface area contributed by atoms with Crippen LogP contribution in [0.3, 0.4) is 0 Å². The zero-order chi connectivity index (χ0) is 22.3. The molecule has 0 aromatic carbocycles. The van der Waals surface area contributed by atoms with E-state index in [0.29, 0.717) is 31.6 Å². The molecule has 1 aliphatic heterocycles. The summed E-state index contributed by atoms with van der Waals surface area (Å²) in [5, 5.41) is 27.1. The second-order valence-corrected chi connectivity index (χ2v) is 10.3. The molecule has 0 aromatic rings. The van der Waals surface area contributed by atoms with Gasteiger partial charge < -0.3 is 16.0 Å².